The summed E-state index contributed by atoms with van der Waals surface area (Å²) in [5, 5.41) is 102. The van der Waals surface area contributed by atoms with Gasteiger partial charge < -0.3 is 83.4 Å². The van der Waals surface area contributed by atoms with Crippen molar-refractivity contribution in [3.63, 3.8) is 0 Å². The molecule has 2 aromatic rings. The third kappa shape index (κ3) is 10.7. The monoisotopic (exact) mass is 1170 g/mol. The van der Waals surface area contributed by atoms with Crippen LogP contribution >= 0.6 is 0 Å². The van der Waals surface area contributed by atoms with E-state index < -0.39 is 139 Å². The molecule has 8 atom stereocenters. The highest BCUT2D eigenvalue weighted by Gasteiger charge is 2.65. The number of nitrogens with zero attached hydrogens (tertiary/aromatic N) is 4. The van der Waals surface area contributed by atoms with Crippen molar-refractivity contribution in [1.82, 2.24) is 20.4 Å². The van der Waals surface area contributed by atoms with E-state index in [9.17, 15) is 79.2 Å². The summed E-state index contributed by atoms with van der Waals surface area (Å²) in [5.74, 6) is -15.6. The molecule has 84 heavy (non-hydrogen) atoms. The summed E-state index contributed by atoms with van der Waals surface area (Å²) in [6.07, 6.45) is 0.234. The fourth-order valence-corrected chi connectivity index (χ4v) is 12.7. The molecule has 0 aliphatic heterocycles. The molecule has 0 aromatic heterocycles. The maximum atomic E-state index is 14.1. The Hall–Kier alpha value is -7.88. The number of ketones is 4. The molecule has 0 spiro atoms. The molecule has 0 bridgehead atoms. The number of phenols is 2. The third-order valence-corrected chi connectivity index (χ3v) is 16.5. The van der Waals surface area contributed by atoms with Crippen LogP contribution in [-0.2, 0) is 41.6 Å². The maximum Gasteiger partial charge on any atom is 0.255 e. The van der Waals surface area contributed by atoms with Gasteiger partial charge in [-0.15, -0.1) is 0 Å². The summed E-state index contributed by atoms with van der Waals surface area (Å²) in [5.41, 5.74) is 3.92. The van der Waals surface area contributed by atoms with Crippen LogP contribution in [0.2, 0.25) is 0 Å². The summed E-state index contributed by atoms with van der Waals surface area (Å²) < 4.78 is 0. The fourth-order valence-electron chi connectivity index (χ4n) is 12.7. The smallest absolute Gasteiger partial charge is 0.255 e. The number of Topliss-reactive ketones (excluding diaryl/α,β-unsaturated/α-hetero) is 4. The number of anilines is 4. The Labute approximate surface area is 485 Å². The lowest BCUT2D eigenvalue weighted by molar-refractivity contribution is -0.149. The molecule has 26 nitrogen and oxygen atoms in total. The van der Waals surface area contributed by atoms with Gasteiger partial charge in [-0.2, -0.15) is 0 Å². The van der Waals surface area contributed by atoms with E-state index in [0.29, 0.717) is 22.5 Å². The largest absolute Gasteiger partial charge is 0.510 e. The topological polar surface area (TPSA) is 412 Å². The molecule has 4 amide bonds. The minimum atomic E-state index is -2.73. The molecule has 6 aliphatic rings. The zero-order valence-electron chi connectivity index (χ0n) is 49.6. The first-order valence-electron chi connectivity index (χ1n) is 27.2. The molecular weight excluding hydrogens is 1090 g/mol. The summed E-state index contributed by atoms with van der Waals surface area (Å²) >= 11 is 0. The van der Waals surface area contributed by atoms with Gasteiger partial charge >= 0.3 is 0 Å². The maximum absolute atomic E-state index is 14.1. The lowest BCUT2D eigenvalue weighted by Gasteiger charge is -2.50. The van der Waals surface area contributed by atoms with E-state index >= 15 is 0 Å². The highest BCUT2D eigenvalue weighted by Crippen LogP contribution is 2.56. The predicted octanol–water partition coefficient (Wildman–Crippen LogP) is 1.03. The third-order valence-electron chi connectivity index (χ3n) is 16.5. The molecule has 6 aliphatic carbocycles. The fraction of sp³-hybridized carbons (Fsp3) is 0.517. The van der Waals surface area contributed by atoms with Crippen molar-refractivity contribution in [2.45, 2.75) is 102 Å². The van der Waals surface area contributed by atoms with Crippen LogP contribution < -0.4 is 42.5 Å². The summed E-state index contributed by atoms with van der Waals surface area (Å²) in [7, 11) is 13.2. The molecule has 2 aromatic carbocycles. The normalized spacial score (nSPS) is 25.7. The number of aliphatic hydroxyl groups is 6. The number of rotatable bonds is 12. The van der Waals surface area contributed by atoms with Gasteiger partial charge in [-0.3, -0.25) is 48.2 Å². The van der Waals surface area contributed by atoms with Crippen LogP contribution in [0.1, 0.15) is 86.2 Å². The Bertz CT molecular complexity index is 3130. The number of allylic oxidation sites excluding steroid dienone is 2. The van der Waals surface area contributed by atoms with Gasteiger partial charge in [-0.05, 0) is 131 Å². The van der Waals surface area contributed by atoms with E-state index in [1.165, 1.54) is 9.80 Å². The molecule has 0 radical (unpaired) electrons. The number of hydrogen-bond donors (Lipinski definition) is 14. The number of nitrogens with one attached hydrogen (secondary N) is 4. The second-order valence-electron chi connectivity index (χ2n) is 25.3. The first kappa shape index (κ1) is 63.7. The number of fused-ring (bicyclic) bond motifs is 6. The van der Waals surface area contributed by atoms with Crippen LogP contribution in [0, 0.1) is 23.7 Å². The number of primary amides is 2. The van der Waals surface area contributed by atoms with Crippen LogP contribution in [0.5, 0.6) is 11.5 Å². The van der Waals surface area contributed by atoms with Crippen molar-refractivity contribution in [2.24, 2.45) is 35.1 Å². The molecule has 0 heterocycles. The lowest BCUT2D eigenvalue weighted by atomic mass is 9.58. The summed E-state index contributed by atoms with van der Waals surface area (Å²) in [4.78, 5) is 111. The van der Waals surface area contributed by atoms with Crippen molar-refractivity contribution in [3.05, 3.63) is 79.7 Å². The number of hydrogen-bond acceptors (Lipinski definition) is 22. The second-order valence-corrected chi connectivity index (χ2v) is 25.3. The quantitative estimate of drug-likeness (QED) is 0.104. The number of nitrogens with two attached hydrogens (primary N) is 2. The van der Waals surface area contributed by atoms with Gasteiger partial charge in [-0.25, -0.2) is 0 Å². The zero-order valence-corrected chi connectivity index (χ0v) is 49.6. The number of phenolic OH excluding ortho intramolecular Hbond substituents is 2. The lowest BCUT2D eigenvalue weighted by Crippen LogP contribution is -2.63. The first-order valence-corrected chi connectivity index (χ1v) is 27.2. The summed E-state index contributed by atoms with van der Waals surface area (Å²) in [6.45, 7) is 11.2. The van der Waals surface area contributed by atoms with E-state index in [4.69, 9.17) is 11.5 Å². The van der Waals surface area contributed by atoms with Crippen LogP contribution in [0.4, 0.5) is 22.7 Å². The second kappa shape index (κ2) is 22.3. The molecular formula is C58H78N10O16. The minimum absolute atomic E-state index is 0.0175. The van der Waals surface area contributed by atoms with E-state index in [0.717, 1.165) is 0 Å². The van der Waals surface area contributed by atoms with Gasteiger partial charge in [0.2, 0.25) is 23.4 Å². The Morgan fingerprint density at radius 3 is 1.13 bits per heavy atom. The Morgan fingerprint density at radius 2 is 0.869 bits per heavy atom. The average Bonchev–Trinajstić information content (AvgIpc) is 0.732. The molecule has 456 valence electrons. The Morgan fingerprint density at radius 1 is 0.560 bits per heavy atom. The number of carbonyl (C=O) groups is 8. The van der Waals surface area contributed by atoms with Crippen molar-refractivity contribution in [3.8, 4) is 11.5 Å². The highest BCUT2D eigenvalue weighted by molar-refractivity contribution is 6.26. The Balaban J connectivity index is 0.000000241. The van der Waals surface area contributed by atoms with E-state index in [1.807, 2.05) is 41.5 Å². The number of amides is 4. The molecule has 0 fully saturated rings. The van der Waals surface area contributed by atoms with Crippen LogP contribution in [0.3, 0.4) is 0 Å². The summed E-state index contributed by atoms with van der Waals surface area (Å²) in [6, 6.07) is 0.975. The van der Waals surface area contributed by atoms with Crippen molar-refractivity contribution in [1.29, 1.82) is 0 Å². The van der Waals surface area contributed by atoms with Crippen LogP contribution in [-0.4, -0.2) is 201 Å². The van der Waals surface area contributed by atoms with Crippen molar-refractivity contribution >= 4 is 69.5 Å². The SMILES string of the molecule is CN(C)c1cc(NC(=O)CNC(C)(C)C)c(O)c2c1C[C@H]1C[C@H]3[C@H](N(C)C)C(O)=C(C(N)=O)C(=O)[C@@]3(O)C(O)=C1C2=O.CN(C)c1cc(NC(=O)CNC(C)(C)C)c(O)c2c1C[C@H]1C[C@H]3[C@H](N(C)C)C(O)=C(C(N)=O)C(=O)[C@@]3(O)C(O)=C1C2=O. The first-order chi connectivity index (χ1) is 38.6. The van der Waals surface area contributed by atoms with Crippen LogP contribution in [0.25, 0.3) is 0 Å². The molecule has 0 saturated carbocycles. The van der Waals surface area contributed by atoms with Gasteiger partial charge in [0, 0.05) is 73.6 Å². The molecule has 0 unspecified atom stereocenters. The van der Waals surface area contributed by atoms with Crippen molar-refractivity contribution < 1.29 is 79.2 Å². The van der Waals surface area contributed by atoms with Gasteiger partial charge in [0.05, 0.1) is 47.7 Å². The van der Waals surface area contributed by atoms with E-state index in [-0.39, 0.29) is 83.5 Å². The average molecular weight is 1170 g/mol. The minimum Gasteiger partial charge on any atom is -0.510 e. The number of likely N-dealkylation sites (N-methyl/N-ethyl adjacent to an activating group) is 2. The van der Waals surface area contributed by atoms with Gasteiger partial charge in [-0.1, -0.05) is 0 Å². The van der Waals surface area contributed by atoms with E-state index in [1.54, 1.807) is 78.3 Å². The van der Waals surface area contributed by atoms with E-state index in [2.05, 4.69) is 21.3 Å². The molecule has 0 saturated heterocycles. The highest BCUT2D eigenvalue weighted by atomic mass is 16.4. The molecule has 26 heteroatoms. The molecule has 8 rings (SSSR count). The number of carbonyl (C=O) groups excluding carboxylic acids is 8. The standard InChI is InChI=1S/2C29H39N5O8/c2*1-28(2,3)31-11-17(35)32-15-10-16(33(4)5)13-8-12-9-14-21(34(6)7)24(38)20(27(30)41)26(40)29(14,42)25(39)18(12)23(37)19(13)22(15)36/h2*10,12,14,21,31,36,38-39,42H,8-9,11H2,1-7H3,(H2,30,41)(H,32,35)/t2*12-,14-,21-,29-/m00/s1. The predicted molar refractivity (Wildman–Crippen MR) is 309 cm³/mol. The zero-order chi connectivity index (χ0) is 63.3. The number of benzene rings is 2. The van der Waals surface area contributed by atoms with Crippen molar-refractivity contribution in [2.75, 3.05) is 89.9 Å². The molecule has 16 N–H and O–H groups in total. The van der Waals surface area contributed by atoms with Gasteiger partial charge in [0.1, 0.15) is 34.2 Å². The number of aromatic hydroxyl groups is 2. The van der Waals surface area contributed by atoms with Gasteiger partial charge in [0.15, 0.2) is 34.3 Å². The van der Waals surface area contributed by atoms with Gasteiger partial charge in [0.25, 0.3) is 11.8 Å². The van der Waals surface area contributed by atoms with Crippen LogP contribution in [0.15, 0.2) is 57.5 Å². The Kier molecular flexibility index (Phi) is 16.9. The number of aliphatic hydroxyl groups excluding tert-OH is 4.